The molecule has 0 aliphatic heterocycles. The largest absolute Gasteiger partial charge is 0.134 e. The molecule has 0 unspecified atom stereocenters. The van der Waals surface area contributed by atoms with Gasteiger partial charge in [-0.15, -0.1) is 56.7 Å². The summed E-state index contributed by atoms with van der Waals surface area (Å²) in [7, 11) is 0. The van der Waals surface area contributed by atoms with Gasteiger partial charge in [-0.3, -0.25) is 0 Å². The van der Waals surface area contributed by atoms with E-state index in [1.807, 2.05) is 56.7 Å². The maximum atomic E-state index is 3.73. The van der Waals surface area contributed by atoms with E-state index >= 15 is 0 Å². The molecule has 5 rings (SSSR count). The van der Waals surface area contributed by atoms with E-state index in [-0.39, 0.29) is 0 Å². The highest BCUT2D eigenvalue weighted by Crippen LogP contribution is 2.47. The molecule has 5 heterocycles. The summed E-state index contributed by atoms with van der Waals surface area (Å²) in [5.41, 5.74) is 2.98. The molecule has 7 heteroatoms. The van der Waals surface area contributed by atoms with Gasteiger partial charge in [-0.05, 0) is 117 Å². The van der Waals surface area contributed by atoms with E-state index in [1.165, 1.54) is 109 Å². The van der Waals surface area contributed by atoms with E-state index in [0.717, 1.165) is 0 Å². The highest BCUT2D eigenvalue weighted by Gasteiger charge is 2.16. The topological polar surface area (TPSA) is 0 Å². The van der Waals surface area contributed by atoms with Crippen molar-refractivity contribution >= 4 is 88.5 Å². The van der Waals surface area contributed by atoms with Crippen LogP contribution in [0.1, 0.15) is 63.5 Å². The van der Waals surface area contributed by atoms with Gasteiger partial charge in [0, 0.05) is 39.0 Å². The molecule has 0 saturated carbocycles. The van der Waals surface area contributed by atoms with Crippen molar-refractivity contribution in [2.24, 2.45) is 0 Å². The SMILES string of the molecule is CCCCCc1cc(Br)sc1-c1ccc(-c2ccc(-c3ccc(-c4sc(Br)cc4CCCCC)s3)s2)s1. The molecule has 0 spiro atoms. The molecule has 0 N–H and O–H groups in total. The zero-order valence-corrected chi connectivity index (χ0v) is 28.3. The Morgan fingerprint density at radius 1 is 0.486 bits per heavy atom. The standard InChI is InChI=1S/C30H30Br2S5/c1-3-5-7-9-19-17-27(31)36-29(19)25-15-13-23(34-25)21-11-12-22(33-21)24-14-16-26(35-24)30-20(10-8-6-4-2)18-28(32)37-30/h11-18H,3-10H2,1-2H3. The Hall–Kier alpha value is -0.540. The first kappa shape index (κ1) is 28.0. The van der Waals surface area contributed by atoms with Gasteiger partial charge >= 0.3 is 0 Å². The van der Waals surface area contributed by atoms with Crippen molar-refractivity contribution in [2.45, 2.75) is 65.2 Å². The maximum Gasteiger partial charge on any atom is 0.0708 e. The minimum Gasteiger partial charge on any atom is -0.134 e. The highest BCUT2D eigenvalue weighted by molar-refractivity contribution is 9.11. The number of aryl methyl sites for hydroxylation is 2. The van der Waals surface area contributed by atoms with Crippen molar-refractivity contribution in [3.8, 4) is 39.0 Å². The van der Waals surface area contributed by atoms with Gasteiger partial charge < -0.3 is 0 Å². The molecule has 0 bridgehead atoms. The number of hydrogen-bond donors (Lipinski definition) is 0. The summed E-state index contributed by atoms with van der Waals surface area (Å²) in [6, 6.07) is 18.5. The molecule has 37 heavy (non-hydrogen) atoms. The second-order valence-corrected chi connectivity index (χ2v) is 17.3. The lowest BCUT2D eigenvalue weighted by Crippen LogP contribution is -1.84. The van der Waals surface area contributed by atoms with Crippen molar-refractivity contribution < 1.29 is 0 Å². The molecule has 0 saturated heterocycles. The quantitative estimate of drug-likeness (QED) is 0.113. The highest BCUT2D eigenvalue weighted by atomic mass is 79.9. The van der Waals surface area contributed by atoms with Gasteiger partial charge in [-0.25, -0.2) is 0 Å². The minimum absolute atomic E-state index is 1.17. The average Bonchev–Trinajstić information content (AvgIpc) is 3.69. The monoisotopic (exact) mass is 708 g/mol. The third-order valence-electron chi connectivity index (χ3n) is 6.41. The van der Waals surface area contributed by atoms with E-state index in [4.69, 9.17) is 0 Å². The number of thiophene rings is 5. The molecule has 0 fully saturated rings. The lowest BCUT2D eigenvalue weighted by molar-refractivity contribution is 0.719. The van der Waals surface area contributed by atoms with Crippen LogP contribution in [-0.4, -0.2) is 0 Å². The fourth-order valence-corrected chi connectivity index (χ4v) is 11.4. The Balaban J connectivity index is 1.34. The predicted octanol–water partition coefficient (Wildman–Crippen LogP) is 13.7. The van der Waals surface area contributed by atoms with Crippen LogP contribution in [0.5, 0.6) is 0 Å². The van der Waals surface area contributed by atoms with Crippen LogP contribution in [0.3, 0.4) is 0 Å². The molecule has 5 aromatic rings. The second kappa shape index (κ2) is 13.2. The molecule has 0 amide bonds. The Morgan fingerprint density at radius 2 is 0.838 bits per heavy atom. The van der Waals surface area contributed by atoms with E-state index in [0.29, 0.717) is 0 Å². The number of unbranched alkanes of at least 4 members (excludes halogenated alkanes) is 4. The summed E-state index contributed by atoms with van der Waals surface area (Å²) in [4.78, 5) is 11.1. The minimum atomic E-state index is 1.17. The number of halogens is 2. The van der Waals surface area contributed by atoms with Crippen molar-refractivity contribution in [1.29, 1.82) is 0 Å². The summed E-state index contributed by atoms with van der Waals surface area (Å²) >= 11 is 17.0. The fraction of sp³-hybridized carbons (Fsp3) is 0.333. The summed E-state index contributed by atoms with van der Waals surface area (Å²) in [6.07, 6.45) is 10.0. The Morgan fingerprint density at radius 3 is 1.22 bits per heavy atom. The molecule has 0 aliphatic rings. The summed E-state index contributed by atoms with van der Waals surface area (Å²) in [5, 5.41) is 0. The lowest BCUT2D eigenvalue weighted by Gasteiger charge is -2.01. The van der Waals surface area contributed by atoms with Crippen LogP contribution in [-0.2, 0) is 12.8 Å². The molecule has 5 aromatic heterocycles. The smallest absolute Gasteiger partial charge is 0.0708 e. The first-order valence-corrected chi connectivity index (χ1v) is 18.6. The van der Waals surface area contributed by atoms with Gasteiger partial charge in [-0.2, -0.15) is 0 Å². The predicted molar refractivity (Wildman–Crippen MR) is 179 cm³/mol. The molecular formula is C30H30Br2S5. The first-order valence-electron chi connectivity index (χ1n) is 12.9. The van der Waals surface area contributed by atoms with Gasteiger partial charge in [0.1, 0.15) is 0 Å². The third kappa shape index (κ3) is 6.79. The molecule has 0 nitrogen and oxygen atoms in total. The summed E-state index contributed by atoms with van der Waals surface area (Å²) < 4.78 is 2.48. The summed E-state index contributed by atoms with van der Waals surface area (Å²) in [5.74, 6) is 0. The zero-order valence-electron chi connectivity index (χ0n) is 21.1. The summed E-state index contributed by atoms with van der Waals surface area (Å²) in [6.45, 7) is 4.55. The molecule has 194 valence electrons. The van der Waals surface area contributed by atoms with Crippen molar-refractivity contribution in [2.75, 3.05) is 0 Å². The fourth-order valence-electron chi connectivity index (χ4n) is 4.50. The van der Waals surface area contributed by atoms with Crippen molar-refractivity contribution in [3.63, 3.8) is 0 Å². The average molecular weight is 711 g/mol. The van der Waals surface area contributed by atoms with Crippen LogP contribution >= 0.6 is 88.5 Å². The van der Waals surface area contributed by atoms with Crippen molar-refractivity contribution in [3.05, 3.63) is 67.2 Å². The van der Waals surface area contributed by atoms with Crippen LogP contribution < -0.4 is 0 Å². The number of rotatable bonds is 12. The van der Waals surface area contributed by atoms with Crippen LogP contribution in [0.2, 0.25) is 0 Å². The lowest BCUT2D eigenvalue weighted by atomic mass is 10.1. The van der Waals surface area contributed by atoms with E-state index in [1.54, 1.807) is 0 Å². The van der Waals surface area contributed by atoms with E-state index < -0.39 is 0 Å². The van der Waals surface area contributed by atoms with Crippen LogP contribution in [0.15, 0.2) is 56.1 Å². The number of hydrogen-bond acceptors (Lipinski definition) is 5. The zero-order chi connectivity index (χ0) is 25.8. The third-order valence-corrected chi connectivity index (χ3v) is 13.8. The normalized spacial score (nSPS) is 11.6. The first-order chi connectivity index (χ1) is 18.1. The molecule has 0 atom stereocenters. The Labute approximate surface area is 257 Å². The van der Waals surface area contributed by atoms with Gasteiger partial charge in [-0.1, -0.05) is 39.5 Å². The molecule has 0 aromatic carbocycles. The molecule has 0 radical (unpaired) electrons. The van der Waals surface area contributed by atoms with Gasteiger partial charge in [0.15, 0.2) is 0 Å². The van der Waals surface area contributed by atoms with Gasteiger partial charge in [0.25, 0.3) is 0 Å². The van der Waals surface area contributed by atoms with Crippen LogP contribution in [0.4, 0.5) is 0 Å². The molecular weight excluding hydrogens is 680 g/mol. The van der Waals surface area contributed by atoms with E-state index in [2.05, 4.69) is 94.2 Å². The van der Waals surface area contributed by atoms with Gasteiger partial charge in [0.2, 0.25) is 0 Å². The van der Waals surface area contributed by atoms with Gasteiger partial charge in [0.05, 0.1) is 7.57 Å². The van der Waals surface area contributed by atoms with Crippen molar-refractivity contribution in [1.82, 2.24) is 0 Å². The van der Waals surface area contributed by atoms with Crippen LogP contribution in [0.25, 0.3) is 39.0 Å². The Bertz CT molecular complexity index is 1340. The molecule has 0 aliphatic carbocycles. The maximum absolute atomic E-state index is 3.73. The Kier molecular flexibility index (Phi) is 10.00. The second-order valence-electron chi connectivity index (χ2n) is 9.22. The van der Waals surface area contributed by atoms with E-state index in [9.17, 15) is 0 Å². The van der Waals surface area contributed by atoms with Crippen LogP contribution in [0, 0.1) is 0 Å².